The van der Waals surface area contributed by atoms with Gasteiger partial charge in [-0.15, -0.1) is 5.46 Å². The molecule has 0 aliphatic carbocycles. The van der Waals surface area contributed by atoms with Gasteiger partial charge < -0.3 is 12.9 Å². The summed E-state index contributed by atoms with van der Waals surface area (Å²) in [6.45, 7) is -2.40. The summed E-state index contributed by atoms with van der Waals surface area (Å²) < 4.78 is 37.3. The van der Waals surface area contributed by atoms with Crippen molar-refractivity contribution < 1.29 is 69.1 Å². The zero-order valence-electron chi connectivity index (χ0n) is 8.85. The molecule has 0 saturated carbocycles. The third-order valence-electron chi connectivity index (χ3n) is 2.04. The smallest absolute Gasteiger partial charge is 0.445 e. The van der Waals surface area contributed by atoms with Crippen LogP contribution in [0.4, 0.5) is 12.9 Å². The molecule has 0 aliphatic rings. The molecule has 6 heteroatoms. The van der Waals surface area contributed by atoms with Gasteiger partial charge in [-0.2, -0.15) is 0 Å². The predicted molar refractivity (Wildman–Crippen MR) is 49.9 cm³/mol. The molecule has 1 nitrogen and oxygen atoms in total. The van der Waals surface area contributed by atoms with Crippen LogP contribution < -0.4 is 56.8 Å². The SMILES string of the molecule is CC(=O)c1ccc(C)c([B-](F)(F)F)c1.[K+]. The number of hydrogen-bond donors (Lipinski definition) is 0. The van der Waals surface area contributed by atoms with Gasteiger partial charge in [0.1, 0.15) is 0 Å². The van der Waals surface area contributed by atoms with Gasteiger partial charge in [0, 0.05) is 5.56 Å². The maximum absolute atomic E-state index is 12.4. The van der Waals surface area contributed by atoms with Crippen molar-refractivity contribution >= 4 is 18.2 Å². The fourth-order valence-corrected chi connectivity index (χ4v) is 1.21. The number of ketones is 1. The molecule has 0 radical (unpaired) electrons. The summed E-state index contributed by atoms with van der Waals surface area (Å²) in [4.78, 5) is 10.9. The Morgan fingerprint density at radius 2 is 1.80 bits per heavy atom. The van der Waals surface area contributed by atoms with E-state index in [2.05, 4.69) is 0 Å². The molecule has 1 aromatic rings. The van der Waals surface area contributed by atoms with Gasteiger partial charge in [0.25, 0.3) is 0 Å². The van der Waals surface area contributed by atoms with Gasteiger partial charge in [-0.1, -0.05) is 23.8 Å². The molecule has 0 aromatic heterocycles. The van der Waals surface area contributed by atoms with E-state index in [1.54, 1.807) is 0 Å². The van der Waals surface area contributed by atoms with Crippen molar-refractivity contribution in [3.05, 3.63) is 29.3 Å². The van der Waals surface area contributed by atoms with Crippen LogP contribution in [0.1, 0.15) is 22.8 Å². The molecule has 1 aromatic carbocycles. The van der Waals surface area contributed by atoms with Crippen LogP contribution in [-0.4, -0.2) is 12.8 Å². The minimum absolute atomic E-state index is 0. The fourth-order valence-electron chi connectivity index (χ4n) is 1.21. The van der Waals surface area contributed by atoms with E-state index >= 15 is 0 Å². The van der Waals surface area contributed by atoms with Crippen molar-refractivity contribution in [2.75, 3.05) is 0 Å². The van der Waals surface area contributed by atoms with E-state index in [1.807, 2.05) is 0 Å². The Balaban J connectivity index is 0.00000196. The largest absolute Gasteiger partial charge is 1.00 e. The van der Waals surface area contributed by atoms with Crippen LogP contribution in [0.5, 0.6) is 0 Å². The van der Waals surface area contributed by atoms with Crippen LogP contribution in [0.3, 0.4) is 0 Å². The summed E-state index contributed by atoms with van der Waals surface area (Å²) in [5.41, 5.74) is -0.426. The van der Waals surface area contributed by atoms with Crippen LogP contribution in [0.15, 0.2) is 18.2 Å². The second-order valence-electron chi connectivity index (χ2n) is 3.20. The van der Waals surface area contributed by atoms with E-state index in [4.69, 9.17) is 0 Å². The number of benzene rings is 1. The zero-order valence-corrected chi connectivity index (χ0v) is 12.0. The normalized spacial score (nSPS) is 10.7. The van der Waals surface area contributed by atoms with Crippen LogP contribution in [0.25, 0.3) is 0 Å². The number of halogens is 3. The summed E-state index contributed by atoms with van der Waals surface area (Å²) in [5, 5.41) is 0. The second kappa shape index (κ2) is 5.63. The molecule has 0 atom stereocenters. The first kappa shape index (κ1) is 15.4. The maximum Gasteiger partial charge on any atom is 1.00 e. The third kappa shape index (κ3) is 4.03. The molecule has 0 amide bonds. The van der Waals surface area contributed by atoms with Crippen molar-refractivity contribution in [1.82, 2.24) is 0 Å². The van der Waals surface area contributed by atoms with Crippen molar-refractivity contribution in [3.63, 3.8) is 0 Å². The van der Waals surface area contributed by atoms with Gasteiger partial charge in [-0.25, -0.2) is 0 Å². The second-order valence-corrected chi connectivity index (χ2v) is 3.20. The van der Waals surface area contributed by atoms with E-state index in [9.17, 15) is 17.7 Å². The first-order valence-electron chi connectivity index (χ1n) is 4.14. The first-order chi connectivity index (χ1) is 6.32. The summed E-state index contributed by atoms with van der Waals surface area (Å²) in [6.07, 6.45) is 0. The minimum Gasteiger partial charge on any atom is -0.445 e. The molecule has 0 heterocycles. The molecule has 0 aliphatic heterocycles. The van der Waals surface area contributed by atoms with Crippen LogP contribution in [-0.2, 0) is 0 Å². The summed E-state index contributed by atoms with van der Waals surface area (Å²) in [6, 6.07) is 3.64. The van der Waals surface area contributed by atoms with E-state index in [-0.39, 0.29) is 68.3 Å². The number of rotatable bonds is 2. The molecule has 0 saturated heterocycles. The topological polar surface area (TPSA) is 17.1 Å². The number of carbonyl (C=O) groups is 1. The standard InChI is InChI=1S/C9H9BF3O.K/c1-6-3-4-8(7(2)14)5-9(6)10(11,12)13;/h3-5H,1-2H3;/q-1;+1. The van der Waals surface area contributed by atoms with Crippen molar-refractivity contribution in [3.8, 4) is 0 Å². The molecule has 0 spiro atoms. The Labute approximate surface area is 129 Å². The van der Waals surface area contributed by atoms with Crippen molar-refractivity contribution in [1.29, 1.82) is 0 Å². The van der Waals surface area contributed by atoms with Gasteiger partial charge in [-0.05, 0) is 13.8 Å². The van der Waals surface area contributed by atoms with E-state index in [1.165, 1.54) is 26.0 Å². The zero-order chi connectivity index (χ0) is 10.9. The number of carbonyl (C=O) groups excluding carboxylic acids is 1. The number of aryl methyl sites for hydroxylation is 1. The average Bonchev–Trinajstić information content (AvgIpc) is 2.02. The average molecular weight is 240 g/mol. The Morgan fingerprint density at radius 1 is 1.27 bits per heavy atom. The first-order valence-corrected chi connectivity index (χ1v) is 4.14. The molecule has 0 fully saturated rings. The molecule has 76 valence electrons. The van der Waals surface area contributed by atoms with Crippen LogP contribution in [0, 0.1) is 6.92 Å². The molecular formula is C9H9BF3KO. The number of hydrogen-bond acceptors (Lipinski definition) is 1. The minimum atomic E-state index is -5.03. The van der Waals surface area contributed by atoms with E-state index < -0.39 is 12.4 Å². The maximum atomic E-state index is 12.4. The third-order valence-corrected chi connectivity index (χ3v) is 2.04. The quantitative estimate of drug-likeness (QED) is 0.491. The van der Waals surface area contributed by atoms with Gasteiger partial charge in [0.2, 0.25) is 0 Å². The van der Waals surface area contributed by atoms with E-state index in [0.717, 1.165) is 6.07 Å². The Kier molecular flexibility index (Phi) is 5.78. The Morgan fingerprint density at radius 3 is 2.20 bits per heavy atom. The van der Waals surface area contributed by atoms with Gasteiger partial charge in [-0.3, -0.25) is 4.79 Å². The summed E-state index contributed by atoms with van der Waals surface area (Å²) in [7, 11) is 0. The monoisotopic (exact) mass is 240 g/mol. The van der Waals surface area contributed by atoms with Crippen LogP contribution in [0.2, 0.25) is 0 Å². The molecule has 15 heavy (non-hydrogen) atoms. The van der Waals surface area contributed by atoms with E-state index in [0.29, 0.717) is 0 Å². The molecule has 0 N–H and O–H groups in total. The Bertz CT molecular complexity index is 376. The fraction of sp³-hybridized carbons (Fsp3) is 0.222. The van der Waals surface area contributed by atoms with Crippen molar-refractivity contribution in [2.24, 2.45) is 0 Å². The molecule has 0 unspecified atom stereocenters. The number of Topliss-reactive ketones (excluding diaryl/α,β-unsaturated/α-hetero) is 1. The summed E-state index contributed by atoms with van der Waals surface area (Å²) >= 11 is 0. The van der Waals surface area contributed by atoms with Crippen molar-refractivity contribution in [2.45, 2.75) is 13.8 Å². The summed E-state index contributed by atoms with van der Waals surface area (Å²) in [5.74, 6) is -0.355. The van der Waals surface area contributed by atoms with Gasteiger partial charge >= 0.3 is 58.4 Å². The van der Waals surface area contributed by atoms with Gasteiger partial charge in [0.15, 0.2) is 5.78 Å². The predicted octanol–water partition coefficient (Wildman–Crippen LogP) is -0.744. The molecule has 1 rings (SSSR count). The van der Waals surface area contributed by atoms with Gasteiger partial charge in [0.05, 0.1) is 0 Å². The molecule has 0 bridgehead atoms. The van der Waals surface area contributed by atoms with Crippen LogP contribution >= 0.6 is 0 Å². The molecular weight excluding hydrogens is 231 g/mol. The Hall–Kier alpha value is 0.381.